The maximum atomic E-state index is 13.0. The number of hydrogen-bond acceptors (Lipinski definition) is 1. The number of benzene rings is 1. The molecule has 20 heavy (non-hydrogen) atoms. The molecule has 1 aromatic rings. The summed E-state index contributed by atoms with van der Waals surface area (Å²) in [6, 6.07) is 6.43. The molecule has 0 heterocycles. The molecule has 1 N–H and O–H groups in total. The van der Waals surface area contributed by atoms with Crippen LogP contribution in [0.1, 0.15) is 44.7 Å². The molecule has 2 nitrogen and oxygen atoms in total. The number of amides is 1. The lowest BCUT2D eigenvalue weighted by Crippen LogP contribution is -2.35. The van der Waals surface area contributed by atoms with Crippen molar-refractivity contribution in [2.75, 3.05) is 0 Å². The summed E-state index contributed by atoms with van der Waals surface area (Å²) in [5.41, 5.74) is 0.984. The van der Waals surface area contributed by atoms with Crippen molar-refractivity contribution in [2.45, 2.75) is 39.2 Å². The summed E-state index contributed by atoms with van der Waals surface area (Å²) >= 11 is 0. The van der Waals surface area contributed by atoms with Crippen LogP contribution in [-0.2, 0) is 4.79 Å². The van der Waals surface area contributed by atoms with Crippen LogP contribution in [-0.4, -0.2) is 5.91 Å². The quantitative estimate of drug-likeness (QED) is 0.892. The molecule has 0 bridgehead atoms. The zero-order valence-electron chi connectivity index (χ0n) is 12.1. The van der Waals surface area contributed by atoms with E-state index < -0.39 is 0 Å². The number of halogens is 1. The van der Waals surface area contributed by atoms with E-state index in [1.165, 1.54) is 18.6 Å². The molecule has 3 heteroatoms. The van der Waals surface area contributed by atoms with Gasteiger partial charge in [-0.15, -0.1) is 0 Å². The van der Waals surface area contributed by atoms with Gasteiger partial charge in [0.25, 0.3) is 0 Å². The van der Waals surface area contributed by atoms with Gasteiger partial charge in [-0.2, -0.15) is 0 Å². The summed E-state index contributed by atoms with van der Waals surface area (Å²) in [5, 5.41) is 3.17. The third-order valence-corrected chi connectivity index (χ3v) is 4.81. The fourth-order valence-electron chi connectivity index (χ4n) is 3.50. The molecular weight excluding hydrogens is 253 g/mol. The van der Waals surface area contributed by atoms with Crippen LogP contribution in [0.25, 0.3) is 0 Å². The molecule has 0 spiro atoms. The standard InChI is InChI=1S/C17H22FNO/c1-10(2)16(11-3-5-15(18)6-4-11)19-17(20)14-8-12-7-13(12)9-14/h3-6,10,12-14,16H,7-9H2,1-2H3,(H,19,20). The van der Waals surface area contributed by atoms with Gasteiger partial charge in [0.05, 0.1) is 6.04 Å². The second-order valence-corrected chi connectivity index (χ2v) is 6.71. The molecule has 1 amide bonds. The topological polar surface area (TPSA) is 29.1 Å². The van der Waals surface area contributed by atoms with Gasteiger partial charge in [0.2, 0.25) is 5.91 Å². The number of rotatable bonds is 4. The van der Waals surface area contributed by atoms with E-state index in [0.717, 1.165) is 30.2 Å². The molecular formula is C17H22FNO. The van der Waals surface area contributed by atoms with E-state index in [1.807, 2.05) is 0 Å². The zero-order chi connectivity index (χ0) is 14.3. The van der Waals surface area contributed by atoms with Gasteiger partial charge in [0, 0.05) is 5.92 Å². The summed E-state index contributed by atoms with van der Waals surface area (Å²) in [4.78, 5) is 12.4. The second-order valence-electron chi connectivity index (χ2n) is 6.71. The first-order chi connectivity index (χ1) is 9.54. The van der Waals surface area contributed by atoms with E-state index in [9.17, 15) is 9.18 Å². The van der Waals surface area contributed by atoms with E-state index in [4.69, 9.17) is 0 Å². The smallest absolute Gasteiger partial charge is 0.223 e. The molecule has 2 saturated carbocycles. The van der Waals surface area contributed by atoms with Crippen LogP contribution in [0.5, 0.6) is 0 Å². The molecule has 2 aliphatic carbocycles. The Morgan fingerprint density at radius 1 is 1.15 bits per heavy atom. The van der Waals surface area contributed by atoms with Crippen molar-refractivity contribution in [1.82, 2.24) is 5.32 Å². The van der Waals surface area contributed by atoms with Crippen molar-refractivity contribution >= 4 is 5.91 Å². The Hall–Kier alpha value is -1.38. The largest absolute Gasteiger partial charge is 0.349 e. The van der Waals surface area contributed by atoms with Crippen LogP contribution >= 0.6 is 0 Å². The highest BCUT2D eigenvalue weighted by Gasteiger charge is 2.48. The van der Waals surface area contributed by atoms with Crippen molar-refractivity contribution < 1.29 is 9.18 Å². The highest BCUT2D eigenvalue weighted by atomic mass is 19.1. The van der Waals surface area contributed by atoms with Crippen molar-refractivity contribution in [3.63, 3.8) is 0 Å². The first-order valence-corrected chi connectivity index (χ1v) is 7.60. The highest BCUT2D eigenvalue weighted by Crippen LogP contribution is 2.54. The molecule has 3 unspecified atom stereocenters. The Morgan fingerprint density at radius 3 is 2.30 bits per heavy atom. The fraction of sp³-hybridized carbons (Fsp3) is 0.588. The molecule has 1 aromatic carbocycles. The number of hydrogen-bond donors (Lipinski definition) is 1. The van der Waals surface area contributed by atoms with E-state index >= 15 is 0 Å². The van der Waals surface area contributed by atoms with Gasteiger partial charge in [0.1, 0.15) is 5.82 Å². The van der Waals surface area contributed by atoms with Crippen LogP contribution in [0, 0.1) is 29.5 Å². The normalized spacial score (nSPS) is 29.1. The summed E-state index contributed by atoms with van der Waals surface area (Å²) < 4.78 is 13.0. The molecule has 3 atom stereocenters. The second kappa shape index (κ2) is 5.19. The highest BCUT2D eigenvalue weighted by molar-refractivity contribution is 5.79. The fourth-order valence-corrected chi connectivity index (χ4v) is 3.50. The minimum atomic E-state index is -0.238. The Labute approximate surface area is 119 Å². The summed E-state index contributed by atoms with van der Waals surface area (Å²) in [6.45, 7) is 4.17. The predicted octanol–water partition coefficient (Wildman–Crippen LogP) is 3.69. The number of carbonyl (C=O) groups excluding carboxylic acids is 1. The maximum absolute atomic E-state index is 13.0. The van der Waals surface area contributed by atoms with E-state index in [-0.39, 0.29) is 23.7 Å². The molecule has 0 aliphatic heterocycles. The van der Waals surface area contributed by atoms with Crippen molar-refractivity contribution in [1.29, 1.82) is 0 Å². The first kappa shape index (κ1) is 13.6. The van der Waals surface area contributed by atoms with Gasteiger partial charge in [0.15, 0.2) is 0 Å². The Morgan fingerprint density at radius 2 is 1.75 bits per heavy atom. The van der Waals surface area contributed by atoms with Crippen LogP contribution in [0.2, 0.25) is 0 Å². The third kappa shape index (κ3) is 2.72. The Bertz CT molecular complexity index is 486. The monoisotopic (exact) mass is 275 g/mol. The average Bonchev–Trinajstić information content (AvgIpc) is 3.03. The van der Waals surface area contributed by atoms with Crippen LogP contribution in [0.15, 0.2) is 24.3 Å². The van der Waals surface area contributed by atoms with Crippen molar-refractivity contribution in [3.8, 4) is 0 Å². The summed E-state index contributed by atoms with van der Waals surface area (Å²) in [5.74, 6) is 2.06. The van der Waals surface area contributed by atoms with E-state index in [1.54, 1.807) is 12.1 Å². The molecule has 0 saturated heterocycles. The minimum Gasteiger partial charge on any atom is -0.349 e. The minimum absolute atomic E-state index is 0.0278. The average molecular weight is 275 g/mol. The van der Waals surface area contributed by atoms with Crippen LogP contribution < -0.4 is 5.32 Å². The lowest BCUT2D eigenvalue weighted by atomic mass is 9.94. The van der Waals surface area contributed by atoms with E-state index in [0.29, 0.717) is 5.92 Å². The van der Waals surface area contributed by atoms with Gasteiger partial charge in [-0.25, -0.2) is 4.39 Å². The lowest BCUT2D eigenvalue weighted by Gasteiger charge is -2.25. The third-order valence-electron chi connectivity index (χ3n) is 4.81. The Kier molecular flexibility index (Phi) is 3.53. The number of nitrogens with one attached hydrogen (secondary N) is 1. The van der Waals surface area contributed by atoms with Crippen molar-refractivity contribution in [3.05, 3.63) is 35.6 Å². The van der Waals surface area contributed by atoms with Gasteiger partial charge < -0.3 is 5.32 Å². The van der Waals surface area contributed by atoms with E-state index in [2.05, 4.69) is 19.2 Å². The first-order valence-electron chi connectivity index (χ1n) is 7.60. The molecule has 2 fully saturated rings. The molecule has 0 radical (unpaired) electrons. The SMILES string of the molecule is CC(C)C(NC(=O)C1CC2CC2C1)c1ccc(F)cc1. The van der Waals surface area contributed by atoms with Crippen molar-refractivity contribution in [2.24, 2.45) is 23.7 Å². The number of carbonyl (C=O) groups is 1. The molecule has 3 rings (SSSR count). The molecule has 0 aromatic heterocycles. The van der Waals surface area contributed by atoms with Crippen LogP contribution in [0.3, 0.4) is 0 Å². The van der Waals surface area contributed by atoms with Gasteiger partial charge in [-0.1, -0.05) is 26.0 Å². The summed E-state index contributed by atoms with van der Waals surface area (Å²) in [7, 11) is 0. The Balaban J connectivity index is 1.67. The summed E-state index contributed by atoms with van der Waals surface area (Å²) in [6.07, 6.45) is 3.45. The molecule has 108 valence electrons. The van der Waals surface area contributed by atoms with Gasteiger partial charge in [-0.3, -0.25) is 4.79 Å². The lowest BCUT2D eigenvalue weighted by molar-refractivity contribution is -0.126. The van der Waals surface area contributed by atoms with Crippen LogP contribution in [0.4, 0.5) is 4.39 Å². The zero-order valence-corrected chi connectivity index (χ0v) is 12.1. The maximum Gasteiger partial charge on any atom is 0.223 e. The molecule has 2 aliphatic rings. The van der Waals surface area contributed by atoms with Gasteiger partial charge in [-0.05, 0) is 54.7 Å². The van der Waals surface area contributed by atoms with Gasteiger partial charge >= 0.3 is 0 Å². The predicted molar refractivity (Wildman–Crippen MR) is 76.4 cm³/mol. The number of fused-ring (bicyclic) bond motifs is 1.